The third-order valence-electron chi connectivity index (χ3n) is 5.95. The van der Waals surface area contributed by atoms with Crippen LogP contribution in [0.3, 0.4) is 0 Å². The van der Waals surface area contributed by atoms with Crippen LogP contribution in [0.5, 0.6) is 0 Å². The Bertz CT molecular complexity index is 340. The Morgan fingerprint density at radius 2 is 1.64 bits per heavy atom. The second kappa shape index (κ2) is 7.67. The van der Waals surface area contributed by atoms with Crippen molar-refractivity contribution in [3.8, 4) is 0 Å². The molecular formula is C18H32N2O2. The van der Waals surface area contributed by atoms with E-state index in [1.165, 1.54) is 51.4 Å². The van der Waals surface area contributed by atoms with Gasteiger partial charge in [0.25, 0.3) is 0 Å². The molecule has 2 saturated carbocycles. The highest BCUT2D eigenvalue weighted by atomic mass is 16.5. The molecule has 2 aliphatic carbocycles. The number of hydrogen-bond acceptors (Lipinski definition) is 2. The van der Waals surface area contributed by atoms with Gasteiger partial charge in [-0.05, 0) is 50.4 Å². The van der Waals surface area contributed by atoms with Gasteiger partial charge in [-0.15, -0.1) is 0 Å². The highest BCUT2D eigenvalue weighted by molar-refractivity contribution is 5.74. The molecule has 0 aromatic rings. The van der Waals surface area contributed by atoms with E-state index in [0.29, 0.717) is 17.9 Å². The summed E-state index contributed by atoms with van der Waals surface area (Å²) in [6.07, 6.45) is 13.0. The fourth-order valence-corrected chi connectivity index (χ4v) is 4.68. The van der Waals surface area contributed by atoms with Crippen molar-refractivity contribution in [3.63, 3.8) is 0 Å². The smallest absolute Gasteiger partial charge is 0.317 e. The van der Waals surface area contributed by atoms with E-state index in [2.05, 4.69) is 5.32 Å². The quantitative estimate of drug-likeness (QED) is 0.844. The number of nitrogens with one attached hydrogen (secondary N) is 1. The molecule has 2 amide bonds. The number of likely N-dealkylation sites (N-methyl/N-ethyl adjacent to an activating group) is 1. The fraction of sp³-hybridized carbons (Fsp3) is 0.944. The number of ether oxygens (including phenoxy) is 1. The molecule has 1 unspecified atom stereocenters. The lowest BCUT2D eigenvalue weighted by Crippen LogP contribution is -2.50. The predicted octanol–water partition coefficient (Wildman–Crippen LogP) is 3.56. The van der Waals surface area contributed by atoms with Crippen molar-refractivity contribution >= 4 is 6.03 Å². The highest BCUT2D eigenvalue weighted by Gasteiger charge is 2.35. The fourth-order valence-electron chi connectivity index (χ4n) is 4.68. The van der Waals surface area contributed by atoms with Gasteiger partial charge in [0.2, 0.25) is 0 Å². The third-order valence-corrected chi connectivity index (χ3v) is 5.95. The first kappa shape index (κ1) is 16.1. The van der Waals surface area contributed by atoms with E-state index in [-0.39, 0.29) is 12.1 Å². The first-order valence-electron chi connectivity index (χ1n) is 9.37. The van der Waals surface area contributed by atoms with Crippen molar-refractivity contribution in [2.45, 2.75) is 76.4 Å². The van der Waals surface area contributed by atoms with Gasteiger partial charge >= 0.3 is 6.03 Å². The molecule has 0 bridgehead atoms. The minimum atomic E-state index is 0.110. The summed E-state index contributed by atoms with van der Waals surface area (Å²) in [6.45, 7) is 1.58. The lowest BCUT2D eigenvalue weighted by Gasteiger charge is -2.32. The molecule has 126 valence electrons. The SMILES string of the molecule is CN(CC1CCCO1)C(=O)NC(C1CCCC1)C1CCCC1. The number of nitrogens with zero attached hydrogens (tertiary/aromatic N) is 1. The summed E-state index contributed by atoms with van der Waals surface area (Å²) in [7, 11) is 1.91. The van der Waals surface area contributed by atoms with Gasteiger partial charge in [0.15, 0.2) is 0 Å². The zero-order valence-electron chi connectivity index (χ0n) is 14.1. The van der Waals surface area contributed by atoms with Crippen LogP contribution in [0.4, 0.5) is 4.79 Å². The van der Waals surface area contributed by atoms with Crippen molar-refractivity contribution in [2.75, 3.05) is 20.2 Å². The standard InChI is InChI=1S/C18H32N2O2/c1-20(13-16-11-6-12-22-16)18(21)19-17(14-7-2-3-8-14)15-9-4-5-10-15/h14-17H,2-13H2,1H3,(H,19,21). The maximum Gasteiger partial charge on any atom is 0.317 e. The molecule has 1 saturated heterocycles. The number of rotatable bonds is 5. The Morgan fingerprint density at radius 1 is 1.05 bits per heavy atom. The van der Waals surface area contributed by atoms with Gasteiger partial charge in [0.1, 0.15) is 0 Å². The number of hydrogen-bond donors (Lipinski definition) is 1. The lowest BCUT2D eigenvalue weighted by atomic mass is 9.86. The second-order valence-electron chi connectivity index (χ2n) is 7.58. The molecule has 1 N–H and O–H groups in total. The van der Waals surface area contributed by atoms with Crippen molar-refractivity contribution in [2.24, 2.45) is 11.8 Å². The molecule has 3 rings (SSSR count). The monoisotopic (exact) mass is 308 g/mol. The Hall–Kier alpha value is -0.770. The summed E-state index contributed by atoms with van der Waals surface area (Å²) < 4.78 is 5.66. The van der Waals surface area contributed by atoms with Crippen LogP contribution in [-0.4, -0.2) is 43.3 Å². The van der Waals surface area contributed by atoms with E-state index in [1.807, 2.05) is 11.9 Å². The van der Waals surface area contributed by atoms with E-state index in [0.717, 1.165) is 26.0 Å². The minimum absolute atomic E-state index is 0.110. The van der Waals surface area contributed by atoms with Crippen molar-refractivity contribution in [3.05, 3.63) is 0 Å². The van der Waals surface area contributed by atoms with Gasteiger partial charge in [0.05, 0.1) is 6.10 Å². The number of amides is 2. The summed E-state index contributed by atoms with van der Waals surface area (Å²) in [6, 6.07) is 0.517. The van der Waals surface area contributed by atoms with Crippen LogP contribution < -0.4 is 5.32 Å². The normalized spacial score (nSPS) is 26.9. The molecule has 4 heteroatoms. The van der Waals surface area contributed by atoms with Gasteiger partial charge in [-0.25, -0.2) is 4.79 Å². The molecule has 1 atom stereocenters. The van der Waals surface area contributed by atoms with Gasteiger partial charge in [-0.1, -0.05) is 25.7 Å². The van der Waals surface area contributed by atoms with E-state index in [4.69, 9.17) is 4.74 Å². The summed E-state index contributed by atoms with van der Waals surface area (Å²) in [5, 5.41) is 3.41. The van der Waals surface area contributed by atoms with Crippen LogP contribution in [0.15, 0.2) is 0 Å². The van der Waals surface area contributed by atoms with Gasteiger partial charge in [-0.3, -0.25) is 0 Å². The maximum absolute atomic E-state index is 12.6. The van der Waals surface area contributed by atoms with E-state index in [1.54, 1.807) is 0 Å². The molecule has 4 nitrogen and oxygen atoms in total. The van der Waals surface area contributed by atoms with E-state index >= 15 is 0 Å². The van der Waals surface area contributed by atoms with Crippen molar-refractivity contribution in [1.29, 1.82) is 0 Å². The summed E-state index contributed by atoms with van der Waals surface area (Å²) in [4.78, 5) is 14.5. The Balaban J connectivity index is 1.55. The molecule has 0 radical (unpaired) electrons. The van der Waals surface area contributed by atoms with Gasteiger partial charge in [0, 0.05) is 26.2 Å². The minimum Gasteiger partial charge on any atom is -0.376 e. The molecule has 3 fully saturated rings. The first-order chi connectivity index (χ1) is 10.7. The molecule has 22 heavy (non-hydrogen) atoms. The number of carbonyl (C=O) groups is 1. The average Bonchev–Trinajstić information content (AvgIpc) is 3.25. The van der Waals surface area contributed by atoms with Crippen LogP contribution >= 0.6 is 0 Å². The van der Waals surface area contributed by atoms with Crippen LogP contribution in [0, 0.1) is 11.8 Å². The molecule has 1 heterocycles. The maximum atomic E-state index is 12.6. The van der Waals surface area contributed by atoms with Crippen LogP contribution in [0.25, 0.3) is 0 Å². The zero-order chi connectivity index (χ0) is 15.4. The molecule has 1 aliphatic heterocycles. The highest BCUT2D eigenvalue weighted by Crippen LogP contribution is 2.37. The Morgan fingerprint density at radius 3 is 2.14 bits per heavy atom. The van der Waals surface area contributed by atoms with Gasteiger partial charge in [-0.2, -0.15) is 0 Å². The Labute approximate surface area is 135 Å². The third kappa shape index (κ3) is 3.95. The lowest BCUT2D eigenvalue weighted by molar-refractivity contribution is 0.0858. The molecule has 0 aromatic heterocycles. The zero-order valence-corrected chi connectivity index (χ0v) is 14.1. The topological polar surface area (TPSA) is 41.6 Å². The van der Waals surface area contributed by atoms with Crippen LogP contribution in [0.1, 0.15) is 64.2 Å². The van der Waals surface area contributed by atoms with Crippen molar-refractivity contribution in [1.82, 2.24) is 10.2 Å². The average molecular weight is 308 g/mol. The molecule has 3 aliphatic rings. The Kier molecular flexibility index (Phi) is 5.61. The molecule has 0 spiro atoms. The summed E-state index contributed by atoms with van der Waals surface area (Å²) >= 11 is 0. The number of carbonyl (C=O) groups excluding carboxylic acids is 1. The van der Waals surface area contributed by atoms with E-state index in [9.17, 15) is 4.79 Å². The molecule has 0 aromatic carbocycles. The van der Waals surface area contributed by atoms with Crippen LogP contribution in [-0.2, 0) is 4.74 Å². The largest absolute Gasteiger partial charge is 0.376 e. The van der Waals surface area contributed by atoms with Crippen molar-refractivity contribution < 1.29 is 9.53 Å². The summed E-state index contributed by atoms with van der Waals surface area (Å²) in [5.41, 5.74) is 0. The summed E-state index contributed by atoms with van der Waals surface area (Å²) in [5.74, 6) is 1.42. The molecular weight excluding hydrogens is 276 g/mol. The second-order valence-corrected chi connectivity index (χ2v) is 7.58. The number of urea groups is 1. The van der Waals surface area contributed by atoms with Gasteiger partial charge < -0.3 is 15.0 Å². The predicted molar refractivity (Wildman–Crippen MR) is 87.8 cm³/mol. The van der Waals surface area contributed by atoms with E-state index < -0.39 is 0 Å². The van der Waals surface area contributed by atoms with Crippen LogP contribution in [0.2, 0.25) is 0 Å². The first-order valence-corrected chi connectivity index (χ1v) is 9.37.